The van der Waals surface area contributed by atoms with E-state index in [1.54, 1.807) is 0 Å². The minimum absolute atomic E-state index is 0.222. The van der Waals surface area contributed by atoms with Crippen molar-refractivity contribution in [3.05, 3.63) is 29.8 Å². The fourth-order valence-corrected chi connectivity index (χ4v) is 4.22. The summed E-state index contributed by atoms with van der Waals surface area (Å²) in [6.45, 7) is 7.38. The summed E-state index contributed by atoms with van der Waals surface area (Å²) in [6.07, 6.45) is 4.17. The molecule has 2 rings (SSSR count). The molecule has 0 bridgehead atoms. The van der Waals surface area contributed by atoms with E-state index < -0.39 is 0 Å². The zero-order valence-electron chi connectivity index (χ0n) is 13.6. The van der Waals surface area contributed by atoms with Crippen molar-refractivity contribution < 1.29 is 4.74 Å². The van der Waals surface area contributed by atoms with Crippen molar-refractivity contribution in [3.8, 4) is 5.75 Å². The van der Waals surface area contributed by atoms with Gasteiger partial charge in [-0.2, -0.15) is 11.8 Å². The first-order valence-corrected chi connectivity index (χ1v) is 9.42. The summed E-state index contributed by atoms with van der Waals surface area (Å²) in [7, 11) is 0. The monoisotopic (exact) mass is 307 g/mol. The van der Waals surface area contributed by atoms with Gasteiger partial charge in [0.2, 0.25) is 0 Å². The first-order valence-electron chi connectivity index (χ1n) is 8.27. The molecule has 0 saturated carbocycles. The molecule has 0 aromatic heterocycles. The van der Waals surface area contributed by atoms with Crippen molar-refractivity contribution in [2.75, 3.05) is 18.1 Å². The van der Waals surface area contributed by atoms with Crippen molar-refractivity contribution in [2.45, 2.75) is 52.2 Å². The fraction of sp³-hybridized carbons (Fsp3) is 0.667. The molecular weight excluding hydrogens is 278 g/mol. The maximum absolute atomic E-state index is 6.02. The summed E-state index contributed by atoms with van der Waals surface area (Å²) >= 11 is 2.10. The number of hydrogen-bond acceptors (Lipinski definition) is 3. The normalized spacial score (nSPS) is 17.9. The molecule has 1 fully saturated rings. The molecule has 0 spiro atoms. The minimum Gasteiger partial charge on any atom is -0.491 e. The van der Waals surface area contributed by atoms with Gasteiger partial charge in [-0.1, -0.05) is 25.1 Å². The van der Waals surface area contributed by atoms with Crippen LogP contribution in [0.5, 0.6) is 5.75 Å². The molecule has 1 atom stereocenters. The van der Waals surface area contributed by atoms with E-state index in [1.807, 2.05) is 0 Å². The lowest BCUT2D eigenvalue weighted by atomic mass is 9.90. The number of nitrogens with one attached hydrogen (secondary N) is 1. The molecule has 21 heavy (non-hydrogen) atoms. The van der Waals surface area contributed by atoms with Gasteiger partial charge in [0.05, 0.1) is 6.10 Å². The smallest absolute Gasteiger partial charge is 0.124 e. The maximum atomic E-state index is 6.02. The standard InChI is InChI=1S/C18H29NOS/c1-4-19-17(13-15-9-11-21-12-10-15)16-7-5-6-8-18(16)20-14(2)3/h5-8,14-15,17,19H,4,9-13H2,1-3H3. The highest BCUT2D eigenvalue weighted by Gasteiger charge is 2.22. The van der Waals surface area contributed by atoms with Gasteiger partial charge >= 0.3 is 0 Å². The molecule has 1 aromatic rings. The van der Waals surface area contributed by atoms with Crippen molar-refractivity contribution in [1.29, 1.82) is 0 Å². The van der Waals surface area contributed by atoms with E-state index in [4.69, 9.17) is 4.74 Å². The summed E-state index contributed by atoms with van der Waals surface area (Å²) in [5, 5.41) is 3.67. The molecular formula is C18H29NOS. The largest absolute Gasteiger partial charge is 0.491 e. The molecule has 1 aliphatic rings. The lowest BCUT2D eigenvalue weighted by Crippen LogP contribution is -2.26. The molecule has 0 amide bonds. The average molecular weight is 308 g/mol. The quantitative estimate of drug-likeness (QED) is 0.792. The third kappa shape index (κ3) is 5.23. The third-order valence-corrected chi connectivity index (χ3v) is 5.07. The summed E-state index contributed by atoms with van der Waals surface area (Å²) in [4.78, 5) is 0. The molecule has 1 unspecified atom stereocenters. The number of ether oxygens (including phenoxy) is 1. The van der Waals surface area contributed by atoms with E-state index in [0.29, 0.717) is 6.04 Å². The zero-order chi connectivity index (χ0) is 15.1. The van der Waals surface area contributed by atoms with Crippen molar-refractivity contribution in [2.24, 2.45) is 5.92 Å². The molecule has 3 heteroatoms. The van der Waals surface area contributed by atoms with Crippen LogP contribution in [0.1, 0.15) is 51.6 Å². The van der Waals surface area contributed by atoms with E-state index >= 15 is 0 Å². The molecule has 1 N–H and O–H groups in total. The number of thioether (sulfide) groups is 1. The summed E-state index contributed by atoms with van der Waals surface area (Å²) in [5.74, 6) is 4.55. The summed E-state index contributed by atoms with van der Waals surface area (Å²) in [6, 6.07) is 8.95. The van der Waals surface area contributed by atoms with E-state index in [2.05, 4.69) is 62.1 Å². The van der Waals surface area contributed by atoms with Crippen LogP contribution >= 0.6 is 11.8 Å². The molecule has 0 aliphatic carbocycles. The Hall–Kier alpha value is -0.670. The van der Waals surface area contributed by atoms with Crippen LogP contribution in [0.25, 0.3) is 0 Å². The first-order chi connectivity index (χ1) is 10.2. The Morgan fingerprint density at radius 2 is 1.95 bits per heavy atom. The molecule has 1 aromatic carbocycles. The first kappa shape index (κ1) is 16.7. The lowest BCUT2D eigenvalue weighted by molar-refractivity contribution is 0.235. The van der Waals surface area contributed by atoms with Gasteiger partial charge in [0.15, 0.2) is 0 Å². The van der Waals surface area contributed by atoms with Crippen molar-refractivity contribution >= 4 is 11.8 Å². The lowest BCUT2D eigenvalue weighted by Gasteiger charge is -2.28. The van der Waals surface area contributed by atoms with Gasteiger partial charge in [-0.15, -0.1) is 0 Å². The molecule has 1 heterocycles. The number of para-hydroxylation sites is 1. The van der Waals surface area contributed by atoms with Crippen LogP contribution in [0.2, 0.25) is 0 Å². The van der Waals surface area contributed by atoms with E-state index in [1.165, 1.54) is 36.3 Å². The van der Waals surface area contributed by atoms with Crippen LogP contribution in [-0.4, -0.2) is 24.2 Å². The number of hydrogen-bond donors (Lipinski definition) is 1. The summed E-state index contributed by atoms with van der Waals surface area (Å²) < 4.78 is 6.02. The number of rotatable bonds is 7. The summed E-state index contributed by atoms with van der Waals surface area (Å²) in [5.41, 5.74) is 1.33. The van der Waals surface area contributed by atoms with Crippen LogP contribution in [0.15, 0.2) is 24.3 Å². The van der Waals surface area contributed by atoms with Crippen LogP contribution in [0, 0.1) is 5.92 Å². The van der Waals surface area contributed by atoms with Gasteiger partial charge in [0.25, 0.3) is 0 Å². The van der Waals surface area contributed by atoms with Gasteiger partial charge in [-0.3, -0.25) is 0 Å². The zero-order valence-corrected chi connectivity index (χ0v) is 14.4. The highest BCUT2D eigenvalue weighted by atomic mass is 32.2. The average Bonchev–Trinajstić information content (AvgIpc) is 2.48. The predicted octanol–water partition coefficient (Wildman–Crippen LogP) is 4.66. The van der Waals surface area contributed by atoms with Crippen LogP contribution in [0.3, 0.4) is 0 Å². The Morgan fingerprint density at radius 3 is 2.62 bits per heavy atom. The van der Waals surface area contributed by atoms with E-state index in [0.717, 1.165) is 18.2 Å². The van der Waals surface area contributed by atoms with Crippen LogP contribution in [-0.2, 0) is 0 Å². The predicted molar refractivity (Wildman–Crippen MR) is 93.3 cm³/mol. The minimum atomic E-state index is 0.222. The third-order valence-electron chi connectivity index (χ3n) is 4.02. The maximum Gasteiger partial charge on any atom is 0.124 e. The van der Waals surface area contributed by atoms with Crippen LogP contribution in [0.4, 0.5) is 0 Å². The van der Waals surface area contributed by atoms with E-state index in [-0.39, 0.29) is 6.10 Å². The second kappa shape index (κ2) is 8.70. The molecule has 1 aliphatic heterocycles. The topological polar surface area (TPSA) is 21.3 Å². The molecule has 1 saturated heterocycles. The van der Waals surface area contributed by atoms with Gasteiger partial charge in [0.1, 0.15) is 5.75 Å². The Bertz CT molecular complexity index is 415. The van der Waals surface area contributed by atoms with Gasteiger partial charge < -0.3 is 10.1 Å². The molecule has 2 nitrogen and oxygen atoms in total. The highest BCUT2D eigenvalue weighted by Crippen LogP contribution is 2.34. The Labute approximate surface area is 134 Å². The second-order valence-corrected chi connectivity index (χ2v) is 7.33. The van der Waals surface area contributed by atoms with Gasteiger partial charge in [-0.25, -0.2) is 0 Å². The Morgan fingerprint density at radius 1 is 1.24 bits per heavy atom. The number of benzene rings is 1. The highest BCUT2D eigenvalue weighted by molar-refractivity contribution is 7.99. The van der Waals surface area contributed by atoms with Crippen LogP contribution < -0.4 is 10.1 Å². The SMILES string of the molecule is CCNC(CC1CCSCC1)c1ccccc1OC(C)C. The molecule has 0 radical (unpaired) electrons. The van der Waals surface area contributed by atoms with Gasteiger partial charge in [0, 0.05) is 11.6 Å². The van der Waals surface area contributed by atoms with Crippen molar-refractivity contribution in [1.82, 2.24) is 5.32 Å². The van der Waals surface area contributed by atoms with E-state index in [9.17, 15) is 0 Å². The Balaban J connectivity index is 2.12. The Kier molecular flexibility index (Phi) is 6.91. The van der Waals surface area contributed by atoms with Crippen molar-refractivity contribution in [3.63, 3.8) is 0 Å². The second-order valence-electron chi connectivity index (χ2n) is 6.11. The van der Waals surface area contributed by atoms with Gasteiger partial charge in [-0.05, 0) is 63.1 Å². The fourth-order valence-electron chi connectivity index (χ4n) is 3.01. The molecule has 118 valence electrons.